The van der Waals surface area contributed by atoms with E-state index in [1.807, 2.05) is 0 Å². The summed E-state index contributed by atoms with van der Waals surface area (Å²) >= 11 is 4.77. The van der Waals surface area contributed by atoms with Crippen LogP contribution in [0.4, 0.5) is 13.2 Å². The van der Waals surface area contributed by atoms with Gasteiger partial charge in [-0.3, -0.25) is 0 Å². The summed E-state index contributed by atoms with van der Waals surface area (Å²) in [5.41, 5.74) is 0. The van der Waals surface area contributed by atoms with E-state index < -0.39 is 12.1 Å². The summed E-state index contributed by atoms with van der Waals surface area (Å²) in [7, 11) is 0. The number of carbonyl (C=O) groups excluding carboxylic acids is 1. The van der Waals surface area contributed by atoms with Crippen molar-refractivity contribution in [1.29, 1.82) is 0 Å². The van der Waals surface area contributed by atoms with Crippen LogP contribution < -0.4 is 0 Å². The van der Waals surface area contributed by atoms with Crippen LogP contribution in [0.3, 0.4) is 0 Å². The van der Waals surface area contributed by atoms with Gasteiger partial charge in [0.15, 0.2) is 0 Å². The molecule has 0 heterocycles. The fourth-order valence-electron chi connectivity index (χ4n) is 0.263. The zero-order valence-electron chi connectivity index (χ0n) is 7.53. The van der Waals surface area contributed by atoms with Crippen molar-refractivity contribution in [2.75, 3.05) is 15.5 Å². The first kappa shape index (κ1) is 17.1. The van der Waals surface area contributed by atoms with E-state index in [-0.39, 0.29) is 6.61 Å². The fraction of sp³-hybridized carbons (Fsp3) is 0.857. The minimum atomic E-state index is -4.85. The Labute approximate surface area is 108 Å². The predicted octanol–water partition coefficient (Wildman–Crippen LogP) is 3.36. The minimum Gasteiger partial charge on any atom is -0.459 e. The highest BCUT2D eigenvalue weighted by Gasteiger charge is 2.40. The fourth-order valence-corrected chi connectivity index (χ4v) is 2.49. The van der Waals surface area contributed by atoms with Gasteiger partial charge in [0.2, 0.25) is 0 Å². The number of alkyl halides is 5. The van der Waals surface area contributed by atoms with Crippen LogP contribution in [0.15, 0.2) is 0 Å². The first-order valence-electron chi connectivity index (χ1n) is 3.76. The van der Waals surface area contributed by atoms with Crippen LogP contribution in [0.1, 0.15) is 13.3 Å². The molecule has 0 amide bonds. The second-order valence-electron chi connectivity index (χ2n) is 1.95. The molecule has 0 unspecified atom stereocenters. The van der Waals surface area contributed by atoms with Crippen molar-refractivity contribution in [3.8, 4) is 0 Å². The molecule has 0 N–H and O–H groups in total. The van der Waals surface area contributed by atoms with Crippen molar-refractivity contribution in [3.63, 3.8) is 0 Å². The average Bonchev–Trinajstić information content (AvgIpc) is 2.05. The molecule has 0 aliphatic carbocycles. The molecule has 0 aliphatic rings. The van der Waals surface area contributed by atoms with Crippen LogP contribution in [0, 0.1) is 0 Å². The van der Waals surface area contributed by atoms with Crippen LogP contribution in [-0.2, 0) is 9.53 Å². The SMILES string of the molecule is CCOC(=O)C(F)(F)F.ICCCI. The lowest BCUT2D eigenvalue weighted by Crippen LogP contribution is -2.25. The van der Waals surface area contributed by atoms with Crippen LogP contribution in [-0.4, -0.2) is 27.6 Å². The number of carbonyl (C=O) groups is 1. The van der Waals surface area contributed by atoms with Crippen molar-refractivity contribution in [2.45, 2.75) is 19.5 Å². The molecule has 0 bridgehead atoms. The lowest BCUT2D eigenvalue weighted by atomic mass is 10.6. The Bertz CT molecular complexity index is 148. The predicted molar refractivity (Wildman–Crippen MR) is 65.1 cm³/mol. The van der Waals surface area contributed by atoms with Gasteiger partial charge in [0.1, 0.15) is 0 Å². The molecule has 0 spiro atoms. The molecule has 0 aromatic rings. The zero-order valence-corrected chi connectivity index (χ0v) is 11.8. The molecule has 14 heavy (non-hydrogen) atoms. The second kappa shape index (κ2) is 10.2. The highest BCUT2D eigenvalue weighted by atomic mass is 127. The van der Waals surface area contributed by atoms with E-state index in [4.69, 9.17) is 0 Å². The number of hydrogen-bond acceptors (Lipinski definition) is 2. The summed E-state index contributed by atoms with van der Waals surface area (Å²) in [5, 5.41) is 0. The Balaban J connectivity index is 0. The third-order valence-electron chi connectivity index (χ3n) is 0.774. The van der Waals surface area contributed by atoms with Crippen molar-refractivity contribution in [2.24, 2.45) is 0 Å². The highest BCUT2D eigenvalue weighted by molar-refractivity contribution is 14.1. The van der Waals surface area contributed by atoms with Gasteiger partial charge in [-0.2, -0.15) is 13.2 Å². The van der Waals surface area contributed by atoms with E-state index in [2.05, 4.69) is 49.9 Å². The molecule has 0 radical (unpaired) electrons. The summed E-state index contributed by atoms with van der Waals surface area (Å²) in [6.07, 6.45) is -3.49. The standard InChI is InChI=1S/C4H5F3O2.C3H6I2/c1-2-9-3(8)4(5,6)7;4-2-1-3-5/h2H2,1H3;1-3H2. The summed E-state index contributed by atoms with van der Waals surface area (Å²) < 4.78 is 39.7. The maximum atomic E-state index is 11.2. The van der Waals surface area contributed by atoms with Gasteiger partial charge in [0.05, 0.1) is 6.61 Å². The third kappa shape index (κ3) is 12.7. The van der Waals surface area contributed by atoms with Gasteiger partial charge < -0.3 is 4.74 Å². The second-order valence-corrected chi connectivity index (χ2v) is 4.11. The molecule has 0 fully saturated rings. The van der Waals surface area contributed by atoms with Crippen LogP contribution in [0.2, 0.25) is 0 Å². The molecule has 0 aromatic heterocycles. The summed E-state index contributed by atoms with van der Waals surface area (Å²) in [4.78, 5) is 9.72. The quantitative estimate of drug-likeness (QED) is 0.384. The van der Waals surface area contributed by atoms with E-state index in [9.17, 15) is 18.0 Å². The smallest absolute Gasteiger partial charge is 0.459 e. The monoisotopic (exact) mass is 438 g/mol. The van der Waals surface area contributed by atoms with E-state index in [1.54, 1.807) is 0 Å². The van der Waals surface area contributed by atoms with Crippen molar-refractivity contribution in [3.05, 3.63) is 0 Å². The number of esters is 1. The first-order chi connectivity index (χ1) is 6.40. The van der Waals surface area contributed by atoms with Gasteiger partial charge >= 0.3 is 12.1 Å². The van der Waals surface area contributed by atoms with Gasteiger partial charge in [0.25, 0.3) is 0 Å². The van der Waals surface area contributed by atoms with E-state index in [1.165, 1.54) is 22.2 Å². The summed E-state index contributed by atoms with van der Waals surface area (Å²) in [5.74, 6) is -2.13. The number of rotatable bonds is 3. The van der Waals surface area contributed by atoms with Gasteiger partial charge in [-0.15, -0.1) is 0 Å². The lowest BCUT2D eigenvalue weighted by Gasteiger charge is -2.02. The summed E-state index contributed by atoms with van der Waals surface area (Å²) in [6, 6.07) is 0. The first-order valence-corrected chi connectivity index (χ1v) is 6.81. The lowest BCUT2D eigenvalue weighted by molar-refractivity contribution is -0.199. The Kier molecular flexibility index (Phi) is 12.5. The Morgan fingerprint density at radius 1 is 1.29 bits per heavy atom. The molecule has 86 valence electrons. The minimum absolute atomic E-state index is 0.252. The van der Waals surface area contributed by atoms with Crippen molar-refractivity contribution < 1.29 is 22.7 Å². The molecule has 7 heteroatoms. The molecule has 2 nitrogen and oxygen atoms in total. The van der Waals surface area contributed by atoms with Gasteiger partial charge in [-0.25, -0.2) is 4.79 Å². The Morgan fingerprint density at radius 3 is 1.79 bits per heavy atom. The number of hydrogen-bond donors (Lipinski definition) is 0. The zero-order chi connectivity index (χ0) is 11.6. The van der Waals surface area contributed by atoms with Gasteiger partial charge in [-0.1, -0.05) is 45.2 Å². The van der Waals surface area contributed by atoms with E-state index >= 15 is 0 Å². The molecule has 0 aromatic carbocycles. The molecule has 0 saturated carbocycles. The maximum absolute atomic E-state index is 11.2. The molecular weight excluding hydrogens is 427 g/mol. The van der Waals surface area contributed by atoms with Crippen LogP contribution >= 0.6 is 45.2 Å². The van der Waals surface area contributed by atoms with Crippen LogP contribution in [0.25, 0.3) is 0 Å². The normalized spacial score (nSPS) is 10.1. The van der Waals surface area contributed by atoms with E-state index in [0.717, 1.165) is 0 Å². The molecule has 0 rings (SSSR count). The molecule has 0 aliphatic heterocycles. The van der Waals surface area contributed by atoms with Gasteiger partial charge in [0, 0.05) is 8.86 Å². The Morgan fingerprint density at radius 2 is 1.71 bits per heavy atom. The topological polar surface area (TPSA) is 26.3 Å². The highest BCUT2D eigenvalue weighted by Crippen LogP contribution is 2.15. The van der Waals surface area contributed by atoms with Crippen LogP contribution in [0.5, 0.6) is 0 Å². The molecule has 0 atom stereocenters. The molecule has 0 saturated heterocycles. The van der Waals surface area contributed by atoms with Crippen molar-refractivity contribution in [1.82, 2.24) is 0 Å². The van der Waals surface area contributed by atoms with E-state index in [0.29, 0.717) is 0 Å². The number of ether oxygens (including phenoxy) is 1. The van der Waals surface area contributed by atoms with Crippen molar-refractivity contribution >= 4 is 51.2 Å². The average molecular weight is 438 g/mol. The maximum Gasteiger partial charge on any atom is 0.490 e. The largest absolute Gasteiger partial charge is 0.490 e. The Hall–Kier alpha value is 0.720. The number of halogens is 5. The summed E-state index contributed by atoms with van der Waals surface area (Å²) in [6.45, 7) is 1.06. The van der Waals surface area contributed by atoms with Gasteiger partial charge in [-0.05, 0) is 13.3 Å². The third-order valence-corrected chi connectivity index (χ3v) is 2.30. The molecular formula is C7H11F3I2O2.